The first-order valence-electron chi connectivity index (χ1n) is 10.7. The van der Waals surface area contributed by atoms with E-state index in [-0.39, 0.29) is 28.7 Å². The molecule has 0 radical (unpaired) electrons. The Labute approximate surface area is 193 Å². The molecule has 0 spiro atoms. The predicted octanol–water partition coefficient (Wildman–Crippen LogP) is 2.67. The minimum Gasteiger partial charge on any atom is -0.494 e. The number of amides is 1. The molecule has 1 saturated heterocycles. The Bertz CT molecular complexity index is 1080. The Morgan fingerprint density at radius 2 is 1.81 bits per heavy atom. The van der Waals surface area contributed by atoms with Crippen molar-refractivity contribution in [2.45, 2.75) is 31.1 Å². The van der Waals surface area contributed by atoms with Gasteiger partial charge in [0.05, 0.1) is 30.6 Å². The molecule has 0 saturated carbocycles. The van der Waals surface area contributed by atoms with Crippen LogP contribution in [0.2, 0.25) is 0 Å². The second-order valence-electron chi connectivity index (χ2n) is 7.91. The van der Waals surface area contributed by atoms with E-state index in [2.05, 4.69) is 15.6 Å². The van der Waals surface area contributed by atoms with E-state index in [4.69, 9.17) is 4.74 Å². The Kier molecular flexibility index (Phi) is 7.05. The summed E-state index contributed by atoms with van der Waals surface area (Å²) in [6, 6.07) is 15.4. The van der Waals surface area contributed by atoms with E-state index in [9.17, 15) is 13.2 Å². The van der Waals surface area contributed by atoms with Gasteiger partial charge in [0.2, 0.25) is 5.91 Å². The Balaban J connectivity index is 1.20. The van der Waals surface area contributed by atoms with E-state index < -0.39 is 9.84 Å². The maximum absolute atomic E-state index is 12.3. The maximum Gasteiger partial charge on any atom is 0.224 e. The molecule has 0 aliphatic carbocycles. The van der Waals surface area contributed by atoms with Gasteiger partial charge in [0, 0.05) is 17.5 Å². The van der Waals surface area contributed by atoms with E-state index in [0.29, 0.717) is 19.6 Å². The first-order valence-corrected chi connectivity index (χ1v) is 13.4. The fourth-order valence-electron chi connectivity index (χ4n) is 3.76. The highest BCUT2D eigenvalue weighted by Gasteiger charge is 2.42. The molecular weight excluding hydrogens is 446 g/mol. The van der Waals surface area contributed by atoms with Crippen LogP contribution in [0.3, 0.4) is 0 Å². The normalized spacial score (nSPS) is 21.0. The lowest BCUT2D eigenvalue weighted by atomic mass is 10.1. The summed E-state index contributed by atoms with van der Waals surface area (Å²) < 4.78 is 28.8. The number of nitrogens with zero attached hydrogens (tertiary/aromatic N) is 1. The summed E-state index contributed by atoms with van der Waals surface area (Å²) >= 11 is 1.49. The molecule has 0 unspecified atom stereocenters. The maximum atomic E-state index is 12.3. The summed E-state index contributed by atoms with van der Waals surface area (Å²) in [4.78, 5) is 16.8. The molecule has 2 aliphatic rings. The molecule has 2 heterocycles. The second kappa shape index (κ2) is 9.95. The zero-order chi connectivity index (χ0) is 22.6. The predicted molar refractivity (Wildman–Crippen MR) is 129 cm³/mol. The number of hydrogen-bond acceptors (Lipinski definition) is 7. The van der Waals surface area contributed by atoms with Crippen LogP contribution in [0.25, 0.3) is 0 Å². The van der Waals surface area contributed by atoms with Crippen molar-refractivity contribution < 1.29 is 17.9 Å². The van der Waals surface area contributed by atoms with Crippen molar-refractivity contribution in [3.05, 3.63) is 59.7 Å². The number of hydrogen-bond donors (Lipinski definition) is 2. The molecule has 1 amide bonds. The van der Waals surface area contributed by atoms with Crippen molar-refractivity contribution in [2.24, 2.45) is 4.99 Å². The quantitative estimate of drug-likeness (QED) is 0.612. The van der Waals surface area contributed by atoms with Crippen molar-refractivity contribution >= 4 is 38.4 Å². The van der Waals surface area contributed by atoms with Crippen molar-refractivity contribution in [3.8, 4) is 5.75 Å². The van der Waals surface area contributed by atoms with Gasteiger partial charge in [-0.1, -0.05) is 36.0 Å². The molecule has 7 nitrogen and oxygen atoms in total. The Morgan fingerprint density at radius 3 is 2.50 bits per heavy atom. The fourth-order valence-corrected chi connectivity index (χ4v) is 7.43. The zero-order valence-corrected chi connectivity index (χ0v) is 19.5. The lowest BCUT2D eigenvalue weighted by molar-refractivity contribution is -0.120. The lowest BCUT2D eigenvalue weighted by Crippen LogP contribution is -2.27. The van der Waals surface area contributed by atoms with Gasteiger partial charge in [-0.15, -0.1) is 0 Å². The van der Waals surface area contributed by atoms with E-state index in [1.54, 1.807) is 0 Å². The minimum absolute atomic E-state index is 0.0126. The summed E-state index contributed by atoms with van der Waals surface area (Å²) in [6.07, 6.45) is 1.09. The molecule has 2 aromatic carbocycles. The third-order valence-corrected chi connectivity index (χ3v) is 8.50. The lowest BCUT2D eigenvalue weighted by Gasteiger charge is -2.09. The monoisotopic (exact) mass is 473 g/mol. The third-order valence-electron chi connectivity index (χ3n) is 5.36. The van der Waals surface area contributed by atoms with Gasteiger partial charge in [-0.3, -0.25) is 9.79 Å². The number of thioether (sulfide) groups is 1. The summed E-state index contributed by atoms with van der Waals surface area (Å²) in [5.74, 6) is 1.18. The van der Waals surface area contributed by atoms with Crippen LogP contribution >= 0.6 is 11.8 Å². The second-order valence-corrected chi connectivity index (χ2v) is 11.3. The highest BCUT2D eigenvalue weighted by molar-refractivity contribution is 8.15. The first-order chi connectivity index (χ1) is 15.4. The van der Waals surface area contributed by atoms with E-state index in [1.807, 2.05) is 55.5 Å². The van der Waals surface area contributed by atoms with E-state index >= 15 is 0 Å². The van der Waals surface area contributed by atoms with Gasteiger partial charge in [0.25, 0.3) is 0 Å². The van der Waals surface area contributed by atoms with Crippen molar-refractivity contribution in [3.63, 3.8) is 0 Å². The number of carbonyl (C=O) groups is 1. The van der Waals surface area contributed by atoms with Gasteiger partial charge in [0.15, 0.2) is 15.0 Å². The van der Waals surface area contributed by atoms with Gasteiger partial charge in [-0.2, -0.15) is 0 Å². The van der Waals surface area contributed by atoms with Gasteiger partial charge in [-0.25, -0.2) is 8.42 Å². The topological polar surface area (TPSA) is 96.9 Å². The largest absolute Gasteiger partial charge is 0.494 e. The van der Waals surface area contributed by atoms with Crippen LogP contribution in [0.15, 0.2) is 53.5 Å². The Hall–Kier alpha value is -2.52. The summed E-state index contributed by atoms with van der Waals surface area (Å²) in [6.45, 7) is 3.19. The zero-order valence-electron chi connectivity index (χ0n) is 17.9. The molecule has 170 valence electrons. The number of nitrogens with one attached hydrogen (secondary N) is 2. The SMILES string of the molecule is CCOc1ccc(CCNC(=O)Cc2ccc(NC3=N[C@H]4CS(=O)(=O)C[C@H]4S3)cc2)cc1. The highest BCUT2D eigenvalue weighted by atomic mass is 32.2. The number of benzene rings is 2. The van der Waals surface area contributed by atoms with Crippen LogP contribution in [0.5, 0.6) is 5.75 Å². The van der Waals surface area contributed by atoms with Crippen molar-refractivity contribution in [1.29, 1.82) is 0 Å². The number of aliphatic imine (C=N–C) groups is 1. The molecule has 2 N–H and O–H groups in total. The highest BCUT2D eigenvalue weighted by Crippen LogP contribution is 2.34. The van der Waals surface area contributed by atoms with Gasteiger partial charge in [0.1, 0.15) is 5.75 Å². The van der Waals surface area contributed by atoms with Crippen LogP contribution in [-0.4, -0.2) is 55.4 Å². The number of rotatable bonds is 8. The molecule has 0 aromatic heterocycles. The summed E-state index contributed by atoms with van der Waals surface area (Å²) in [5.41, 5.74) is 2.95. The van der Waals surface area contributed by atoms with Gasteiger partial charge < -0.3 is 15.4 Å². The average molecular weight is 474 g/mol. The minimum atomic E-state index is -2.94. The molecule has 9 heteroatoms. The number of ether oxygens (including phenoxy) is 1. The fraction of sp³-hybridized carbons (Fsp3) is 0.391. The number of sulfone groups is 1. The van der Waals surface area contributed by atoms with E-state index in [1.165, 1.54) is 11.8 Å². The standard InChI is InChI=1S/C23H27N3O4S2/c1-2-30-19-9-5-16(6-10-19)11-12-24-22(27)13-17-3-7-18(8-4-17)25-23-26-20-14-32(28,29)15-21(20)31-23/h3-10,20-21H,2,11-15H2,1H3,(H,24,27)(H,25,26)/t20-,21+/m0/s1. The van der Waals surface area contributed by atoms with Crippen molar-refractivity contribution in [1.82, 2.24) is 5.32 Å². The molecule has 2 aromatic rings. The van der Waals surface area contributed by atoms with Crippen molar-refractivity contribution in [2.75, 3.05) is 30.0 Å². The molecule has 2 aliphatic heterocycles. The number of fused-ring (bicyclic) bond motifs is 1. The first kappa shape index (κ1) is 22.7. The van der Waals surface area contributed by atoms with Crippen LogP contribution in [-0.2, 0) is 27.5 Å². The molecule has 32 heavy (non-hydrogen) atoms. The smallest absolute Gasteiger partial charge is 0.224 e. The van der Waals surface area contributed by atoms with Crippen LogP contribution in [0, 0.1) is 0 Å². The molecule has 4 rings (SSSR count). The molecule has 1 fully saturated rings. The van der Waals surface area contributed by atoms with Crippen LogP contribution in [0.4, 0.5) is 5.69 Å². The number of amidine groups is 1. The number of anilines is 1. The third kappa shape index (κ3) is 6.04. The molecule has 0 bridgehead atoms. The average Bonchev–Trinajstić information content (AvgIpc) is 3.23. The molecule has 2 atom stereocenters. The van der Waals surface area contributed by atoms with E-state index in [0.717, 1.165) is 34.2 Å². The summed E-state index contributed by atoms with van der Waals surface area (Å²) in [7, 11) is -2.94. The number of carbonyl (C=O) groups excluding carboxylic acids is 1. The van der Waals surface area contributed by atoms with Crippen LogP contribution < -0.4 is 15.4 Å². The van der Waals surface area contributed by atoms with Gasteiger partial charge >= 0.3 is 0 Å². The van der Waals surface area contributed by atoms with Gasteiger partial charge in [-0.05, 0) is 48.7 Å². The summed E-state index contributed by atoms with van der Waals surface area (Å²) in [5, 5.41) is 7.00. The van der Waals surface area contributed by atoms with Crippen LogP contribution in [0.1, 0.15) is 18.1 Å². The Morgan fingerprint density at radius 1 is 1.09 bits per heavy atom. The molecular formula is C23H27N3O4S2.